The first kappa shape index (κ1) is 13.3. The van der Waals surface area contributed by atoms with Crippen molar-refractivity contribution in [2.45, 2.75) is 6.42 Å². The van der Waals surface area contributed by atoms with E-state index in [0.717, 1.165) is 0 Å². The van der Waals surface area contributed by atoms with E-state index in [4.69, 9.17) is 10.5 Å². The summed E-state index contributed by atoms with van der Waals surface area (Å²) in [5.74, 6) is -0.467. The van der Waals surface area contributed by atoms with Gasteiger partial charge in [-0.15, -0.1) is 0 Å². The molecule has 0 unspecified atom stereocenters. The number of hydrogen-bond donors (Lipinski definition) is 1. The van der Waals surface area contributed by atoms with Gasteiger partial charge in [0, 0.05) is 6.20 Å². The Morgan fingerprint density at radius 2 is 2.17 bits per heavy atom. The third kappa shape index (κ3) is 3.36. The van der Waals surface area contributed by atoms with Crippen molar-refractivity contribution in [3.8, 4) is 12.1 Å². The van der Waals surface area contributed by atoms with Crippen molar-refractivity contribution in [2.24, 2.45) is 0 Å². The minimum Gasteiger partial charge on any atom is -0.465 e. The number of allylic oxidation sites excluding steroid dienone is 1. The summed E-state index contributed by atoms with van der Waals surface area (Å²) in [6.07, 6.45) is 1.43. The summed E-state index contributed by atoms with van der Waals surface area (Å²) >= 11 is 0. The average Bonchev–Trinajstić information content (AvgIpc) is 2.43. The SMILES string of the molecule is COC(=O)c1ccccc1NC=C(C#N)CC#N. The number of nitrogens with zero attached hydrogens (tertiary/aromatic N) is 2. The lowest BCUT2D eigenvalue weighted by atomic mass is 10.1. The molecular weight excluding hydrogens is 230 g/mol. The zero-order valence-corrected chi connectivity index (χ0v) is 9.80. The molecule has 0 saturated heterocycles. The number of hydrogen-bond acceptors (Lipinski definition) is 5. The highest BCUT2D eigenvalue weighted by Crippen LogP contribution is 2.16. The van der Waals surface area contributed by atoms with Crippen LogP contribution in [0.3, 0.4) is 0 Å². The van der Waals surface area contributed by atoms with Gasteiger partial charge in [-0.3, -0.25) is 0 Å². The van der Waals surface area contributed by atoms with Crippen LogP contribution in [0.5, 0.6) is 0 Å². The second kappa shape index (κ2) is 6.72. The Bertz CT molecular complexity index is 550. The molecule has 0 heterocycles. The van der Waals surface area contributed by atoms with Crippen LogP contribution in [-0.4, -0.2) is 13.1 Å². The van der Waals surface area contributed by atoms with Crippen molar-refractivity contribution in [3.63, 3.8) is 0 Å². The molecule has 0 aliphatic carbocycles. The number of esters is 1. The molecule has 5 heteroatoms. The Labute approximate surface area is 105 Å². The zero-order chi connectivity index (χ0) is 13.4. The molecule has 1 aromatic carbocycles. The number of methoxy groups -OCH3 is 1. The van der Waals surface area contributed by atoms with Crippen LogP contribution in [0.1, 0.15) is 16.8 Å². The highest BCUT2D eigenvalue weighted by atomic mass is 16.5. The Morgan fingerprint density at radius 3 is 2.78 bits per heavy atom. The molecule has 5 nitrogen and oxygen atoms in total. The van der Waals surface area contributed by atoms with Gasteiger partial charge in [0.25, 0.3) is 0 Å². The predicted molar refractivity (Wildman–Crippen MR) is 65.3 cm³/mol. The Kier molecular flexibility index (Phi) is 4.96. The van der Waals surface area contributed by atoms with Gasteiger partial charge in [0.2, 0.25) is 0 Å². The minimum absolute atomic E-state index is 0.0177. The van der Waals surface area contributed by atoms with Crippen LogP contribution in [0.4, 0.5) is 5.69 Å². The molecule has 1 rings (SSSR count). The largest absolute Gasteiger partial charge is 0.465 e. The van der Waals surface area contributed by atoms with E-state index >= 15 is 0 Å². The summed E-state index contributed by atoms with van der Waals surface area (Å²) in [5, 5.41) is 20.1. The molecule has 0 fully saturated rings. The lowest BCUT2D eigenvalue weighted by molar-refractivity contribution is 0.0602. The average molecular weight is 241 g/mol. The van der Waals surface area contributed by atoms with Gasteiger partial charge in [-0.1, -0.05) is 12.1 Å². The highest BCUT2D eigenvalue weighted by Gasteiger charge is 2.09. The van der Waals surface area contributed by atoms with Gasteiger partial charge in [0.15, 0.2) is 0 Å². The van der Waals surface area contributed by atoms with Gasteiger partial charge in [-0.05, 0) is 12.1 Å². The van der Waals surface area contributed by atoms with Crippen molar-refractivity contribution in [1.29, 1.82) is 10.5 Å². The smallest absolute Gasteiger partial charge is 0.339 e. The van der Waals surface area contributed by atoms with Gasteiger partial charge in [-0.25, -0.2) is 4.79 Å². The first-order valence-corrected chi connectivity index (χ1v) is 5.13. The van der Waals surface area contributed by atoms with Gasteiger partial charge in [-0.2, -0.15) is 10.5 Å². The van der Waals surface area contributed by atoms with Crippen LogP contribution >= 0.6 is 0 Å². The lowest BCUT2D eigenvalue weighted by Crippen LogP contribution is -2.05. The van der Waals surface area contributed by atoms with E-state index in [0.29, 0.717) is 11.3 Å². The topological polar surface area (TPSA) is 85.9 Å². The summed E-state index contributed by atoms with van der Waals surface area (Å²) in [6.45, 7) is 0. The second-order valence-corrected chi connectivity index (χ2v) is 3.30. The molecule has 0 atom stereocenters. The fourth-order valence-electron chi connectivity index (χ4n) is 1.27. The number of para-hydroxylation sites is 1. The fraction of sp³-hybridized carbons (Fsp3) is 0.154. The fourth-order valence-corrected chi connectivity index (χ4v) is 1.27. The normalized spacial score (nSPS) is 10.1. The number of rotatable bonds is 4. The van der Waals surface area contributed by atoms with Crippen molar-refractivity contribution in [2.75, 3.05) is 12.4 Å². The number of nitrogens with one attached hydrogen (secondary N) is 1. The van der Waals surface area contributed by atoms with Crippen LogP contribution in [0, 0.1) is 22.7 Å². The maximum atomic E-state index is 11.5. The molecule has 90 valence electrons. The van der Waals surface area contributed by atoms with Gasteiger partial charge in [0.1, 0.15) is 0 Å². The second-order valence-electron chi connectivity index (χ2n) is 3.30. The molecule has 0 aliphatic heterocycles. The first-order chi connectivity index (χ1) is 8.72. The van der Waals surface area contributed by atoms with Gasteiger partial charge in [0.05, 0.1) is 42.5 Å². The Morgan fingerprint density at radius 1 is 1.44 bits per heavy atom. The first-order valence-electron chi connectivity index (χ1n) is 5.13. The number of nitriles is 2. The minimum atomic E-state index is -0.467. The molecule has 1 aromatic rings. The molecule has 0 bridgehead atoms. The molecule has 0 amide bonds. The monoisotopic (exact) mass is 241 g/mol. The number of carbonyl (C=O) groups excluding carboxylic acids is 1. The standard InChI is InChI=1S/C13H11N3O2/c1-18-13(17)11-4-2-3-5-12(11)16-9-10(8-15)6-7-14/h2-5,9,16H,6H2,1H3. The molecule has 0 spiro atoms. The quantitative estimate of drug-likeness (QED) is 0.645. The summed E-state index contributed by atoms with van der Waals surface area (Å²) in [7, 11) is 1.30. The third-order valence-electron chi connectivity index (χ3n) is 2.15. The van der Waals surface area contributed by atoms with Gasteiger partial charge >= 0.3 is 5.97 Å². The molecule has 0 aliphatic rings. The predicted octanol–water partition coefficient (Wildman–Crippen LogP) is 2.21. The van der Waals surface area contributed by atoms with E-state index < -0.39 is 5.97 Å². The molecule has 18 heavy (non-hydrogen) atoms. The highest BCUT2D eigenvalue weighted by molar-refractivity contribution is 5.95. The number of anilines is 1. The van der Waals surface area contributed by atoms with Crippen molar-refractivity contribution >= 4 is 11.7 Å². The van der Waals surface area contributed by atoms with Crippen LogP contribution in [0.25, 0.3) is 0 Å². The summed E-state index contributed by atoms with van der Waals surface area (Å²) < 4.78 is 4.64. The number of benzene rings is 1. The number of carbonyl (C=O) groups is 1. The van der Waals surface area contributed by atoms with E-state index in [9.17, 15) is 4.79 Å². The molecule has 0 aromatic heterocycles. The zero-order valence-electron chi connectivity index (χ0n) is 9.80. The molecule has 0 radical (unpaired) electrons. The van der Waals surface area contributed by atoms with Crippen molar-refractivity contribution in [1.82, 2.24) is 0 Å². The molecule has 0 saturated carbocycles. The van der Waals surface area contributed by atoms with Crippen LogP contribution in [0.2, 0.25) is 0 Å². The summed E-state index contributed by atoms with van der Waals surface area (Å²) in [4.78, 5) is 11.5. The van der Waals surface area contributed by atoms with Crippen molar-refractivity contribution in [3.05, 3.63) is 41.6 Å². The van der Waals surface area contributed by atoms with Crippen LogP contribution in [-0.2, 0) is 4.74 Å². The molecular formula is C13H11N3O2. The Hall–Kier alpha value is -2.79. The maximum absolute atomic E-state index is 11.5. The van der Waals surface area contributed by atoms with E-state index in [1.807, 2.05) is 12.1 Å². The van der Waals surface area contributed by atoms with Crippen molar-refractivity contribution < 1.29 is 9.53 Å². The lowest BCUT2D eigenvalue weighted by Gasteiger charge is -2.07. The van der Waals surface area contributed by atoms with E-state index in [1.165, 1.54) is 13.3 Å². The van der Waals surface area contributed by atoms with Crippen LogP contribution < -0.4 is 5.32 Å². The maximum Gasteiger partial charge on any atom is 0.339 e. The summed E-state index contributed by atoms with van der Waals surface area (Å²) in [6, 6.07) is 10.5. The van der Waals surface area contributed by atoms with Crippen LogP contribution in [0.15, 0.2) is 36.0 Å². The number of ether oxygens (including phenoxy) is 1. The van der Waals surface area contributed by atoms with E-state index in [-0.39, 0.29) is 12.0 Å². The molecule has 1 N–H and O–H groups in total. The summed E-state index contributed by atoms with van der Waals surface area (Å²) in [5.41, 5.74) is 1.18. The van der Waals surface area contributed by atoms with Gasteiger partial charge < -0.3 is 10.1 Å². The van der Waals surface area contributed by atoms with E-state index in [1.54, 1.807) is 24.3 Å². The van der Waals surface area contributed by atoms with E-state index in [2.05, 4.69) is 10.1 Å². The third-order valence-corrected chi connectivity index (χ3v) is 2.15. The Balaban J connectivity index is 2.96.